The summed E-state index contributed by atoms with van der Waals surface area (Å²) in [7, 11) is 0. The van der Waals surface area contributed by atoms with Crippen molar-refractivity contribution in [3.05, 3.63) is 0 Å². The number of hydrogen-bond donors (Lipinski definition) is 0. The molecule has 0 aliphatic heterocycles. The third kappa shape index (κ3) is 2.33. The molecule has 0 aromatic carbocycles. The minimum Gasteiger partial charge on any atom is -0.367 e. The van der Waals surface area contributed by atoms with Gasteiger partial charge in [-0.2, -0.15) is 13.2 Å². The highest BCUT2D eigenvalue weighted by atomic mass is 19.4. The van der Waals surface area contributed by atoms with Gasteiger partial charge in [0.2, 0.25) is 0 Å². The van der Waals surface area contributed by atoms with Crippen LogP contribution in [0.2, 0.25) is 0 Å². The van der Waals surface area contributed by atoms with E-state index in [2.05, 4.69) is 0 Å². The standard InChI is InChI=1S/C10H15F3O2/c1-3-9(4-2)7(14)5-8(9)15-6-10(11,12)13/h8H,3-6H2,1-2H3. The molecule has 88 valence electrons. The summed E-state index contributed by atoms with van der Waals surface area (Å²) in [5, 5.41) is 0. The summed E-state index contributed by atoms with van der Waals surface area (Å²) in [6.07, 6.45) is -3.65. The lowest BCUT2D eigenvalue weighted by Crippen LogP contribution is -2.55. The van der Waals surface area contributed by atoms with Gasteiger partial charge in [-0.05, 0) is 12.8 Å². The predicted molar refractivity (Wildman–Crippen MR) is 48.4 cm³/mol. The van der Waals surface area contributed by atoms with Gasteiger partial charge in [0.25, 0.3) is 0 Å². The Hall–Kier alpha value is -0.580. The molecule has 2 nitrogen and oxygen atoms in total. The number of Topliss-reactive ketones (excluding diaryl/α,β-unsaturated/α-hetero) is 1. The average molecular weight is 224 g/mol. The summed E-state index contributed by atoms with van der Waals surface area (Å²) in [6.45, 7) is 2.36. The highest BCUT2D eigenvalue weighted by Gasteiger charge is 2.53. The molecule has 1 rings (SSSR count). The Labute approximate surface area is 86.8 Å². The van der Waals surface area contributed by atoms with Crippen LogP contribution in [0, 0.1) is 5.41 Å². The van der Waals surface area contributed by atoms with Crippen molar-refractivity contribution in [2.24, 2.45) is 5.41 Å². The van der Waals surface area contributed by atoms with Crippen molar-refractivity contribution in [3.63, 3.8) is 0 Å². The Bertz CT molecular complexity index is 244. The molecular formula is C10H15F3O2. The van der Waals surface area contributed by atoms with Gasteiger partial charge in [0, 0.05) is 6.42 Å². The molecule has 1 aliphatic carbocycles. The van der Waals surface area contributed by atoms with E-state index in [1.165, 1.54) is 0 Å². The Morgan fingerprint density at radius 3 is 2.27 bits per heavy atom. The number of hydrogen-bond acceptors (Lipinski definition) is 2. The zero-order valence-corrected chi connectivity index (χ0v) is 8.86. The summed E-state index contributed by atoms with van der Waals surface area (Å²) >= 11 is 0. The van der Waals surface area contributed by atoms with Crippen molar-refractivity contribution in [2.45, 2.75) is 45.4 Å². The molecule has 1 saturated carbocycles. The molecule has 15 heavy (non-hydrogen) atoms. The number of halogens is 3. The zero-order chi connectivity index (χ0) is 11.7. The van der Waals surface area contributed by atoms with Gasteiger partial charge in [0.15, 0.2) is 0 Å². The molecule has 5 heteroatoms. The first-order valence-corrected chi connectivity index (χ1v) is 5.07. The average Bonchev–Trinajstić information content (AvgIpc) is 2.12. The minimum absolute atomic E-state index is 0.0275. The van der Waals surface area contributed by atoms with E-state index in [0.717, 1.165) is 0 Å². The SMILES string of the molecule is CCC1(CC)C(=O)CC1OCC(F)(F)F. The van der Waals surface area contributed by atoms with Gasteiger partial charge in [-0.15, -0.1) is 0 Å². The third-order valence-electron chi connectivity index (χ3n) is 3.25. The largest absolute Gasteiger partial charge is 0.411 e. The van der Waals surface area contributed by atoms with E-state index < -0.39 is 24.3 Å². The van der Waals surface area contributed by atoms with E-state index in [0.29, 0.717) is 12.8 Å². The van der Waals surface area contributed by atoms with Crippen LogP contribution in [0.25, 0.3) is 0 Å². The van der Waals surface area contributed by atoms with Crippen molar-refractivity contribution in [2.75, 3.05) is 6.61 Å². The zero-order valence-electron chi connectivity index (χ0n) is 8.86. The lowest BCUT2D eigenvalue weighted by atomic mass is 9.61. The lowest BCUT2D eigenvalue weighted by molar-refractivity contribution is -0.214. The number of alkyl halides is 3. The first-order chi connectivity index (χ1) is 6.85. The summed E-state index contributed by atoms with van der Waals surface area (Å²) in [4.78, 5) is 11.4. The fourth-order valence-corrected chi connectivity index (χ4v) is 2.13. The number of ether oxygens (including phenoxy) is 1. The van der Waals surface area contributed by atoms with Crippen LogP contribution in [0.4, 0.5) is 13.2 Å². The number of rotatable bonds is 4. The Morgan fingerprint density at radius 1 is 1.40 bits per heavy atom. The van der Waals surface area contributed by atoms with Crippen LogP contribution < -0.4 is 0 Å². The maximum absolute atomic E-state index is 11.9. The first kappa shape index (κ1) is 12.5. The second kappa shape index (κ2) is 4.12. The Kier molecular flexibility index (Phi) is 3.43. The van der Waals surface area contributed by atoms with Crippen molar-refractivity contribution in [1.29, 1.82) is 0 Å². The highest BCUT2D eigenvalue weighted by molar-refractivity contribution is 5.92. The number of carbonyl (C=O) groups excluding carboxylic acids is 1. The first-order valence-electron chi connectivity index (χ1n) is 5.07. The van der Waals surface area contributed by atoms with E-state index >= 15 is 0 Å². The molecule has 0 radical (unpaired) electrons. The smallest absolute Gasteiger partial charge is 0.367 e. The molecule has 0 N–H and O–H groups in total. The Balaban J connectivity index is 2.54. The van der Waals surface area contributed by atoms with E-state index in [-0.39, 0.29) is 12.2 Å². The van der Waals surface area contributed by atoms with Gasteiger partial charge in [0.1, 0.15) is 12.4 Å². The van der Waals surface area contributed by atoms with Crippen LogP contribution in [0.3, 0.4) is 0 Å². The maximum Gasteiger partial charge on any atom is 0.411 e. The van der Waals surface area contributed by atoms with Gasteiger partial charge in [-0.25, -0.2) is 0 Å². The molecular weight excluding hydrogens is 209 g/mol. The fraction of sp³-hybridized carbons (Fsp3) is 0.900. The molecule has 0 heterocycles. The molecule has 0 aromatic rings. The van der Waals surface area contributed by atoms with Crippen LogP contribution in [0.5, 0.6) is 0 Å². The van der Waals surface area contributed by atoms with Crippen molar-refractivity contribution in [3.8, 4) is 0 Å². The third-order valence-corrected chi connectivity index (χ3v) is 3.25. The lowest BCUT2D eigenvalue weighted by Gasteiger charge is -2.46. The summed E-state index contributed by atoms with van der Waals surface area (Å²) in [5.74, 6) is 0.0275. The number of carbonyl (C=O) groups is 1. The molecule has 1 unspecified atom stereocenters. The highest BCUT2D eigenvalue weighted by Crippen LogP contribution is 2.45. The monoisotopic (exact) mass is 224 g/mol. The van der Waals surface area contributed by atoms with Gasteiger partial charge in [-0.1, -0.05) is 13.8 Å². The molecule has 0 amide bonds. The van der Waals surface area contributed by atoms with Crippen molar-refractivity contribution >= 4 is 5.78 Å². The van der Waals surface area contributed by atoms with Gasteiger partial charge in [0.05, 0.1) is 11.5 Å². The second-order valence-corrected chi connectivity index (χ2v) is 3.91. The van der Waals surface area contributed by atoms with Gasteiger partial charge >= 0.3 is 6.18 Å². The fourth-order valence-electron chi connectivity index (χ4n) is 2.13. The number of ketones is 1. The molecule has 0 saturated heterocycles. The molecule has 0 aromatic heterocycles. The molecule has 0 spiro atoms. The van der Waals surface area contributed by atoms with Gasteiger partial charge < -0.3 is 4.74 Å². The summed E-state index contributed by atoms with van der Waals surface area (Å²) in [6, 6.07) is 0. The Morgan fingerprint density at radius 2 is 1.93 bits per heavy atom. The van der Waals surface area contributed by atoms with E-state index in [9.17, 15) is 18.0 Å². The van der Waals surface area contributed by atoms with Crippen LogP contribution >= 0.6 is 0 Å². The molecule has 1 fully saturated rings. The van der Waals surface area contributed by atoms with Crippen LogP contribution in [-0.2, 0) is 9.53 Å². The van der Waals surface area contributed by atoms with Crippen LogP contribution in [0.1, 0.15) is 33.1 Å². The maximum atomic E-state index is 11.9. The quantitative estimate of drug-likeness (QED) is 0.733. The molecule has 1 aliphatic rings. The van der Waals surface area contributed by atoms with E-state index in [4.69, 9.17) is 4.74 Å². The topological polar surface area (TPSA) is 26.3 Å². The van der Waals surface area contributed by atoms with E-state index in [1.807, 2.05) is 13.8 Å². The predicted octanol–water partition coefficient (Wildman–Crippen LogP) is 2.71. The second-order valence-electron chi connectivity index (χ2n) is 3.91. The molecule has 0 bridgehead atoms. The van der Waals surface area contributed by atoms with Gasteiger partial charge in [-0.3, -0.25) is 4.79 Å². The van der Waals surface area contributed by atoms with Crippen LogP contribution in [-0.4, -0.2) is 24.7 Å². The minimum atomic E-state index is -4.31. The summed E-state index contributed by atoms with van der Waals surface area (Å²) < 4.78 is 40.5. The van der Waals surface area contributed by atoms with E-state index in [1.54, 1.807) is 0 Å². The normalized spacial score (nSPS) is 25.1. The van der Waals surface area contributed by atoms with Crippen molar-refractivity contribution < 1.29 is 22.7 Å². The molecule has 1 atom stereocenters. The summed E-state index contributed by atoms with van der Waals surface area (Å²) in [5.41, 5.74) is -0.661. The van der Waals surface area contributed by atoms with Crippen LogP contribution in [0.15, 0.2) is 0 Å². The van der Waals surface area contributed by atoms with Crippen molar-refractivity contribution in [1.82, 2.24) is 0 Å².